The van der Waals surface area contributed by atoms with Gasteiger partial charge in [0.05, 0.1) is 61.8 Å². The van der Waals surface area contributed by atoms with Crippen molar-refractivity contribution in [1.29, 1.82) is 0 Å². The first-order valence-electron chi connectivity index (χ1n) is 21.7. The van der Waals surface area contributed by atoms with E-state index in [0.717, 1.165) is 31.3 Å². The molecule has 26 heteroatoms. The maximum atomic E-state index is 15.0. The maximum absolute atomic E-state index is 15.0. The van der Waals surface area contributed by atoms with Crippen LogP contribution in [0.15, 0.2) is 85.2 Å². The fourth-order valence-corrected chi connectivity index (χ4v) is 8.31. The molecule has 2 saturated heterocycles. The van der Waals surface area contributed by atoms with Crippen LogP contribution in [0.2, 0.25) is 0 Å². The van der Waals surface area contributed by atoms with Crippen LogP contribution in [0.4, 0.5) is 49.6 Å². The number of halogens is 11. The molecule has 73 heavy (non-hydrogen) atoms. The first kappa shape index (κ1) is 57.2. The minimum Gasteiger partial charge on any atom is -0.497 e. The van der Waals surface area contributed by atoms with Gasteiger partial charge in [-0.1, -0.05) is 0 Å². The summed E-state index contributed by atoms with van der Waals surface area (Å²) in [7, 11) is 4.25. The lowest BCUT2D eigenvalue weighted by molar-refractivity contribution is -0.144. The normalized spacial score (nSPS) is 17.6. The van der Waals surface area contributed by atoms with E-state index in [9.17, 15) is 63.1 Å². The summed E-state index contributed by atoms with van der Waals surface area (Å²) in [6.07, 6.45) is -2.61. The molecule has 0 spiro atoms. The lowest BCUT2D eigenvalue weighted by Gasteiger charge is -2.30. The number of rotatable bonds is 13. The molecule has 0 saturated carbocycles. The molecule has 8 rings (SSSR count). The van der Waals surface area contributed by atoms with Crippen molar-refractivity contribution >= 4 is 73.7 Å². The number of hydrogen-bond donors (Lipinski definition) is 4. The fourth-order valence-electron chi connectivity index (χ4n) is 7.79. The van der Waals surface area contributed by atoms with E-state index >= 15 is 0 Å². The Balaban J connectivity index is 0.000000221. The van der Waals surface area contributed by atoms with Crippen LogP contribution >= 0.6 is 22.6 Å². The van der Waals surface area contributed by atoms with Gasteiger partial charge in [-0.15, -0.1) is 0 Å². The number of fused-ring (bicyclic) bond motifs is 2. The van der Waals surface area contributed by atoms with Gasteiger partial charge in [0, 0.05) is 57.8 Å². The summed E-state index contributed by atoms with van der Waals surface area (Å²) in [5, 5.41) is 15.9. The van der Waals surface area contributed by atoms with Crippen molar-refractivity contribution in [2.24, 2.45) is 5.73 Å². The van der Waals surface area contributed by atoms with Crippen molar-refractivity contribution in [2.75, 3.05) is 26.2 Å². The molecule has 4 amide bonds. The van der Waals surface area contributed by atoms with Crippen LogP contribution in [0.25, 0.3) is 21.8 Å². The molecule has 4 heterocycles. The van der Waals surface area contributed by atoms with Crippen LogP contribution in [0, 0.1) is 15.2 Å². The Morgan fingerprint density at radius 3 is 1.71 bits per heavy atom. The number of ether oxygens (including phenoxy) is 2. The zero-order chi connectivity index (χ0) is 54.1. The highest BCUT2D eigenvalue weighted by atomic mass is 127. The van der Waals surface area contributed by atoms with Gasteiger partial charge in [-0.25, -0.2) is 26.3 Å². The maximum Gasteiger partial charge on any atom is 0.321 e. The van der Waals surface area contributed by atoms with Crippen molar-refractivity contribution in [3.8, 4) is 11.5 Å². The van der Waals surface area contributed by atoms with Crippen LogP contribution in [0.1, 0.15) is 49.9 Å². The highest BCUT2D eigenvalue weighted by Crippen LogP contribution is 2.41. The van der Waals surface area contributed by atoms with Gasteiger partial charge in [0.1, 0.15) is 36.2 Å². The monoisotopic (exact) mass is 1150 g/mol. The molecule has 4 atom stereocenters. The number of nitrogens with two attached hydrogens (primary N) is 1. The second-order valence-electron chi connectivity index (χ2n) is 16.3. The van der Waals surface area contributed by atoms with Gasteiger partial charge in [0.2, 0.25) is 11.8 Å². The summed E-state index contributed by atoms with van der Waals surface area (Å²) in [5.41, 5.74) is 5.92. The average molecular weight is 1150 g/mol. The lowest BCUT2D eigenvalue weighted by Crippen LogP contribution is -2.46. The molecule has 15 nitrogen and oxygen atoms in total. The van der Waals surface area contributed by atoms with Crippen LogP contribution in [0.5, 0.6) is 11.5 Å². The molecule has 2 aliphatic rings. The Kier molecular flexibility index (Phi) is 19.1. The summed E-state index contributed by atoms with van der Waals surface area (Å²) in [6, 6.07) is 13.5. The van der Waals surface area contributed by atoms with Gasteiger partial charge in [0.15, 0.2) is 0 Å². The number of hydrogen-bond acceptors (Lipinski definition) is 9. The molecule has 2 unspecified atom stereocenters. The van der Waals surface area contributed by atoms with Crippen molar-refractivity contribution in [1.82, 2.24) is 35.5 Å². The van der Waals surface area contributed by atoms with Crippen molar-refractivity contribution < 1.29 is 72.6 Å². The predicted molar refractivity (Wildman–Crippen MR) is 256 cm³/mol. The van der Waals surface area contributed by atoms with E-state index in [1.807, 2.05) is 18.2 Å². The first-order chi connectivity index (χ1) is 34.4. The van der Waals surface area contributed by atoms with Gasteiger partial charge >= 0.3 is 11.8 Å². The number of nitrogens with one attached hydrogen (secondary N) is 3. The zero-order valence-electron chi connectivity index (χ0n) is 39.3. The molecule has 0 aliphatic carbocycles. The molecule has 2 aromatic heterocycles. The predicted octanol–water partition coefficient (Wildman–Crippen LogP) is 8.08. The number of amides is 4. The summed E-state index contributed by atoms with van der Waals surface area (Å²) in [4.78, 5) is 49.2. The summed E-state index contributed by atoms with van der Waals surface area (Å²) < 4.78 is 146. The summed E-state index contributed by atoms with van der Waals surface area (Å²) >= 11 is 2.18. The largest absolute Gasteiger partial charge is 0.497 e. The summed E-state index contributed by atoms with van der Waals surface area (Å²) in [5.74, 6) is -12.2. The fraction of sp³-hybridized carbons (Fsp3) is 0.362. The van der Waals surface area contributed by atoms with Crippen molar-refractivity contribution in [3.63, 3.8) is 0 Å². The molecule has 5 N–H and O–H groups in total. The van der Waals surface area contributed by atoms with Gasteiger partial charge < -0.3 is 36.1 Å². The number of alkyl halides is 8. The van der Waals surface area contributed by atoms with E-state index in [4.69, 9.17) is 9.47 Å². The Bertz CT molecular complexity index is 2910. The second kappa shape index (κ2) is 24.3. The third-order valence-corrected chi connectivity index (χ3v) is 11.7. The Hall–Kier alpha value is -6.71. The standard InChI is InChI=1S/C23H21F5N4O3.C14H15F3N2O3.C9H7F2IN2.CH5N/c1-23(27,28)22(34)30-17-9-20(33)32(21(17)15-8-14(35-2)4-5-16(15)24)13-3-6-18-12(7-13)10-29-31(18)11-19(25)26;1-14(16,17)13(21)18-10-6-11(20)19-12(10)8-5-7(22-2)3-4-9(8)15;10-9(11)5-14-8-2-1-7(12)3-6(8)4-13-14;1-2/h3-8,10,17,19,21H,9,11H2,1-2H3,(H,30,34);3-5,10,12H,6H2,1-2H3,(H,18,21)(H,19,20);1-4,9H,5H2;2H2,1H3/t17-,21?;10-,12?;;/m00../s1. The minimum absolute atomic E-state index is 0.0478. The van der Waals surface area contributed by atoms with Crippen molar-refractivity contribution in [3.05, 3.63) is 112 Å². The van der Waals surface area contributed by atoms with Crippen LogP contribution in [-0.2, 0) is 32.3 Å². The third-order valence-electron chi connectivity index (χ3n) is 11.1. The third kappa shape index (κ3) is 14.3. The summed E-state index contributed by atoms with van der Waals surface area (Å²) in [6.45, 7) is -0.0940. The first-order valence-corrected chi connectivity index (χ1v) is 22.8. The number of anilines is 1. The van der Waals surface area contributed by atoms with Gasteiger partial charge in [-0.2, -0.15) is 27.8 Å². The number of aromatic nitrogens is 4. The highest BCUT2D eigenvalue weighted by Gasteiger charge is 2.46. The van der Waals surface area contributed by atoms with Crippen LogP contribution in [-0.4, -0.2) is 101 Å². The second-order valence-corrected chi connectivity index (χ2v) is 17.5. The Morgan fingerprint density at radius 2 is 1.21 bits per heavy atom. The molecular weight excluding hydrogens is 1100 g/mol. The van der Waals surface area contributed by atoms with Gasteiger partial charge in [-0.05, 0) is 102 Å². The minimum atomic E-state index is -3.72. The average Bonchev–Trinajstić information content (AvgIpc) is 4.10. The molecule has 4 aromatic carbocycles. The molecule has 0 radical (unpaired) electrons. The van der Waals surface area contributed by atoms with Gasteiger partial charge in [0.25, 0.3) is 24.7 Å². The van der Waals surface area contributed by atoms with E-state index in [-0.39, 0.29) is 42.0 Å². The van der Waals surface area contributed by atoms with E-state index < -0.39 is 90.7 Å². The number of benzene rings is 4. The smallest absolute Gasteiger partial charge is 0.321 e. The van der Waals surface area contributed by atoms with E-state index in [2.05, 4.69) is 54.5 Å². The van der Waals surface area contributed by atoms with Crippen LogP contribution in [0.3, 0.4) is 0 Å². The van der Waals surface area contributed by atoms with E-state index in [1.54, 1.807) is 6.20 Å². The van der Waals surface area contributed by atoms with Crippen molar-refractivity contribution in [2.45, 2.75) is 88.6 Å². The molecule has 6 aromatic rings. The molecule has 394 valence electrons. The molecular formula is C47H48F10IN9O6. The lowest BCUT2D eigenvalue weighted by atomic mass is 9.98. The van der Waals surface area contributed by atoms with Gasteiger partial charge in [-0.3, -0.25) is 28.5 Å². The van der Waals surface area contributed by atoms with E-state index in [0.29, 0.717) is 30.5 Å². The number of carbonyl (C=O) groups excluding carboxylic acids is 4. The zero-order valence-corrected chi connectivity index (χ0v) is 41.5. The number of nitrogens with zero attached hydrogens (tertiary/aromatic N) is 5. The SMILES string of the molecule is CN.COc1ccc(F)c(C2NC(=O)C[C@@H]2NC(=O)C(C)(F)F)c1.COc1ccc(F)c(C2[C@@H](NC(=O)C(C)(F)F)CC(=O)N2c2ccc3c(cnn3CC(F)F)c2)c1.FC(F)Cn1ncc2cc(I)ccc21. The molecule has 2 aliphatic heterocycles. The Labute approximate surface area is 423 Å². The topological polar surface area (TPSA) is 188 Å². The van der Waals surface area contributed by atoms with E-state index in [1.165, 1.54) is 79.5 Å². The number of methoxy groups -OCH3 is 2. The quantitative estimate of drug-likeness (QED) is 0.0655. The highest BCUT2D eigenvalue weighted by molar-refractivity contribution is 14.1. The Morgan fingerprint density at radius 1 is 0.726 bits per heavy atom. The molecule has 2 fully saturated rings. The number of carbonyl (C=O) groups is 4. The molecule has 0 bridgehead atoms. The van der Waals surface area contributed by atoms with Crippen LogP contribution < -0.4 is 36.1 Å².